The number of aryl methyl sites for hydroxylation is 1. The van der Waals surface area contributed by atoms with Gasteiger partial charge in [-0.15, -0.1) is 0 Å². The number of amides is 1. The number of benzene rings is 1. The number of rotatable bonds is 8. The zero-order valence-electron chi connectivity index (χ0n) is 19.0. The molecule has 0 spiro atoms. The summed E-state index contributed by atoms with van der Waals surface area (Å²) in [4.78, 5) is 21.5. The topological polar surface area (TPSA) is 71.7 Å². The van der Waals surface area contributed by atoms with Crippen LogP contribution in [0.5, 0.6) is 5.75 Å². The Balaban J connectivity index is 1.34. The maximum absolute atomic E-state index is 12.4. The van der Waals surface area contributed by atoms with Crippen LogP contribution in [0, 0.1) is 6.92 Å². The number of carbonyl (C=O) groups is 1. The Hall–Kier alpha value is -2.41. The highest BCUT2D eigenvalue weighted by Gasteiger charge is 2.28. The van der Waals surface area contributed by atoms with Crippen molar-refractivity contribution in [3.63, 3.8) is 0 Å². The molecule has 1 aromatic carbocycles. The quantitative estimate of drug-likeness (QED) is 0.641. The number of ether oxygens (including phenoxy) is 1. The summed E-state index contributed by atoms with van der Waals surface area (Å²) in [5.41, 5.74) is 2.43. The van der Waals surface area contributed by atoms with Crippen LogP contribution in [0.2, 0.25) is 0 Å². The predicted molar refractivity (Wildman–Crippen MR) is 118 cm³/mol. The van der Waals surface area contributed by atoms with Crippen LogP contribution in [0.4, 0.5) is 0 Å². The summed E-state index contributed by atoms with van der Waals surface area (Å²) in [7, 11) is 1.70. The lowest BCUT2D eigenvalue weighted by atomic mass is 9.85. The van der Waals surface area contributed by atoms with Gasteiger partial charge in [0.15, 0.2) is 5.82 Å². The second-order valence-electron chi connectivity index (χ2n) is 8.97. The lowest BCUT2D eigenvalue weighted by Crippen LogP contribution is -2.50. The van der Waals surface area contributed by atoms with E-state index in [1.165, 1.54) is 12.0 Å². The monoisotopic (exact) mass is 426 g/mol. The van der Waals surface area contributed by atoms with Crippen LogP contribution >= 0.6 is 0 Å². The third-order valence-electron chi connectivity index (χ3n) is 6.71. The van der Waals surface area contributed by atoms with Crippen molar-refractivity contribution >= 4 is 5.91 Å². The van der Waals surface area contributed by atoms with Gasteiger partial charge < -0.3 is 14.2 Å². The normalized spacial score (nSPS) is 19.8. The molecule has 1 saturated carbocycles. The van der Waals surface area contributed by atoms with E-state index in [1.807, 2.05) is 11.0 Å². The van der Waals surface area contributed by atoms with Crippen molar-refractivity contribution in [3.05, 3.63) is 41.0 Å². The van der Waals surface area contributed by atoms with Crippen molar-refractivity contribution in [2.24, 2.45) is 0 Å². The van der Waals surface area contributed by atoms with Crippen LogP contribution in [0.3, 0.4) is 0 Å². The molecule has 2 fully saturated rings. The van der Waals surface area contributed by atoms with Crippen LogP contribution in [0.1, 0.15) is 67.8 Å². The maximum Gasteiger partial charge on any atom is 0.229 e. The lowest BCUT2D eigenvalue weighted by molar-refractivity contribution is -0.132. The van der Waals surface area contributed by atoms with E-state index in [4.69, 9.17) is 9.26 Å². The summed E-state index contributed by atoms with van der Waals surface area (Å²) in [6.45, 7) is 7.23. The van der Waals surface area contributed by atoms with E-state index in [0.717, 1.165) is 68.3 Å². The first-order valence-electron chi connectivity index (χ1n) is 11.5. The van der Waals surface area contributed by atoms with E-state index in [-0.39, 0.29) is 11.9 Å². The predicted octanol–water partition coefficient (Wildman–Crippen LogP) is 3.71. The summed E-state index contributed by atoms with van der Waals surface area (Å²) in [5.74, 6) is 2.97. The van der Waals surface area contributed by atoms with Crippen LogP contribution in [-0.4, -0.2) is 58.6 Å². The molecule has 0 bridgehead atoms. The first kappa shape index (κ1) is 21.8. The average molecular weight is 427 g/mol. The molecule has 1 saturated heterocycles. The Morgan fingerprint density at radius 1 is 1.29 bits per heavy atom. The van der Waals surface area contributed by atoms with Crippen molar-refractivity contribution in [2.45, 2.75) is 70.9 Å². The minimum absolute atomic E-state index is 0.120. The zero-order valence-corrected chi connectivity index (χ0v) is 19.0. The van der Waals surface area contributed by atoms with E-state index in [1.54, 1.807) is 14.0 Å². The molecular weight excluding hydrogens is 392 g/mol. The minimum Gasteiger partial charge on any atom is -0.496 e. The number of carbonyl (C=O) groups excluding carboxylic acids is 1. The van der Waals surface area contributed by atoms with Crippen LogP contribution in [0.25, 0.3) is 0 Å². The molecule has 2 heterocycles. The highest BCUT2D eigenvalue weighted by molar-refractivity contribution is 5.73. The first-order valence-corrected chi connectivity index (χ1v) is 11.5. The lowest BCUT2D eigenvalue weighted by Gasteiger charge is -2.39. The van der Waals surface area contributed by atoms with Crippen molar-refractivity contribution in [2.75, 3.05) is 26.7 Å². The van der Waals surface area contributed by atoms with Crippen LogP contribution < -0.4 is 4.74 Å². The summed E-state index contributed by atoms with van der Waals surface area (Å²) in [6, 6.07) is 6.59. The van der Waals surface area contributed by atoms with Gasteiger partial charge in [-0.25, -0.2) is 0 Å². The van der Waals surface area contributed by atoms with Gasteiger partial charge in [0.05, 0.1) is 7.11 Å². The maximum atomic E-state index is 12.4. The largest absolute Gasteiger partial charge is 0.496 e. The number of aromatic nitrogens is 2. The summed E-state index contributed by atoms with van der Waals surface area (Å²) >= 11 is 0. The molecule has 1 amide bonds. The first-order chi connectivity index (χ1) is 15.0. The number of hydrogen-bond acceptors (Lipinski definition) is 6. The average Bonchev–Trinajstić information content (AvgIpc) is 3.15. The van der Waals surface area contributed by atoms with Gasteiger partial charge >= 0.3 is 0 Å². The molecule has 1 atom stereocenters. The molecule has 4 rings (SSSR count). The van der Waals surface area contributed by atoms with Gasteiger partial charge in [-0.3, -0.25) is 9.69 Å². The zero-order chi connectivity index (χ0) is 21.8. The molecule has 31 heavy (non-hydrogen) atoms. The number of methoxy groups -OCH3 is 1. The Bertz CT molecular complexity index is 893. The SMILES string of the molecule is COc1ccc(CN2CCCC(N(CCc3noc(C4CCC4)n3)C(C)=O)C2)cc1C. The third kappa shape index (κ3) is 5.26. The molecule has 7 heteroatoms. The number of nitrogens with zero attached hydrogens (tertiary/aromatic N) is 4. The molecule has 0 radical (unpaired) electrons. The fraction of sp³-hybridized carbons (Fsp3) is 0.625. The van der Waals surface area contributed by atoms with Gasteiger partial charge in [0.25, 0.3) is 0 Å². The molecule has 7 nitrogen and oxygen atoms in total. The number of piperidine rings is 1. The van der Waals surface area contributed by atoms with E-state index >= 15 is 0 Å². The smallest absolute Gasteiger partial charge is 0.229 e. The van der Waals surface area contributed by atoms with Crippen molar-refractivity contribution < 1.29 is 14.1 Å². The molecular formula is C24H34N4O3. The van der Waals surface area contributed by atoms with Crippen LogP contribution in [0.15, 0.2) is 22.7 Å². The van der Waals surface area contributed by atoms with E-state index in [9.17, 15) is 4.79 Å². The second kappa shape index (κ2) is 9.81. The van der Waals surface area contributed by atoms with Gasteiger partial charge in [-0.1, -0.05) is 23.7 Å². The number of likely N-dealkylation sites (tertiary alicyclic amines) is 1. The molecule has 2 aliphatic rings. The Morgan fingerprint density at radius 3 is 2.81 bits per heavy atom. The Labute approximate surface area is 184 Å². The Kier molecular flexibility index (Phi) is 6.90. The minimum atomic E-state index is 0.120. The molecule has 1 aliphatic heterocycles. The fourth-order valence-corrected chi connectivity index (χ4v) is 4.73. The molecule has 1 unspecified atom stereocenters. The van der Waals surface area contributed by atoms with Crippen molar-refractivity contribution in [3.8, 4) is 5.75 Å². The molecule has 1 aliphatic carbocycles. The van der Waals surface area contributed by atoms with Gasteiger partial charge in [-0.2, -0.15) is 4.98 Å². The van der Waals surface area contributed by atoms with Crippen molar-refractivity contribution in [1.82, 2.24) is 19.9 Å². The van der Waals surface area contributed by atoms with Gasteiger partial charge in [0.2, 0.25) is 11.8 Å². The van der Waals surface area contributed by atoms with E-state index < -0.39 is 0 Å². The molecule has 168 valence electrons. The third-order valence-corrected chi connectivity index (χ3v) is 6.71. The van der Waals surface area contributed by atoms with Crippen molar-refractivity contribution in [1.29, 1.82) is 0 Å². The fourth-order valence-electron chi connectivity index (χ4n) is 4.73. The summed E-state index contributed by atoms with van der Waals surface area (Å²) in [5, 5.41) is 4.14. The highest BCUT2D eigenvalue weighted by atomic mass is 16.5. The Morgan fingerprint density at radius 2 is 2.13 bits per heavy atom. The summed E-state index contributed by atoms with van der Waals surface area (Å²) in [6.07, 6.45) is 6.31. The van der Waals surface area contributed by atoms with E-state index in [2.05, 4.69) is 34.1 Å². The van der Waals surface area contributed by atoms with E-state index in [0.29, 0.717) is 18.9 Å². The van der Waals surface area contributed by atoms with Gasteiger partial charge in [0, 0.05) is 44.9 Å². The standard InChI is InChI=1S/C24H34N4O3/c1-17-14-19(9-10-22(17)30-3)15-27-12-5-8-21(16-27)28(18(2)29)13-11-23-25-24(31-26-23)20-6-4-7-20/h9-10,14,20-21H,4-8,11-13,15-16H2,1-3H3. The summed E-state index contributed by atoms with van der Waals surface area (Å²) < 4.78 is 10.8. The van der Waals surface area contributed by atoms with Gasteiger partial charge in [0.1, 0.15) is 5.75 Å². The van der Waals surface area contributed by atoms with Crippen LogP contribution in [-0.2, 0) is 17.8 Å². The molecule has 2 aromatic rings. The second-order valence-corrected chi connectivity index (χ2v) is 8.97. The molecule has 0 N–H and O–H groups in total. The van der Waals surface area contributed by atoms with Gasteiger partial charge in [-0.05, 0) is 56.3 Å². The highest BCUT2D eigenvalue weighted by Crippen LogP contribution is 2.35. The molecule has 1 aromatic heterocycles. The number of hydrogen-bond donors (Lipinski definition) is 0.